The van der Waals surface area contributed by atoms with Gasteiger partial charge in [0.1, 0.15) is 0 Å². The molecule has 1 saturated carbocycles. The molecular weight excluding hydrogens is 272 g/mol. The highest BCUT2D eigenvalue weighted by molar-refractivity contribution is 7.19. The molecule has 106 valence electrons. The summed E-state index contributed by atoms with van der Waals surface area (Å²) in [5.74, 6) is 0.545. The van der Waals surface area contributed by atoms with Gasteiger partial charge in [-0.05, 0) is 37.8 Å². The van der Waals surface area contributed by atoms with Gasteiger partial charge in [0.2, 0.25) is 10.3 Å². The average Bonchev–Trinajstić information content (AvgIpc) is 2.97. The number of hydrogen-bond donors (Lipinski definition) is 2. The zero-order valence-corrected chi connectivity index (χ0v) is 12.2. The Morgan fingerprint density at radius 1 is 1.10 bits per heavy atom. The Kier molecular flexibility index (Phi) is 4.05. The Labute approximate surface area is 122 Å². The van der Waals surface area contributed by atoms with Crippen LogP contribution in [0.4, 0.5) is 10.3 Å². The van der Waals surface area contributed by atoms with Crippen LogP contribution in [0.1, 0.15) is 37.3 Å². The Morgan fingerprint density at radius 3 is 2.55 bits per heavy atom. The van der Waals surface area contributed by atoms with Crippen molar-refractivity contribution >= 4 is 21.6 Å². The first kappa shape index (κ1) is 13.2. The van der Waals surface area contributed by atoms with Crippen LogP contribution in [0.25, 0.3) is 0 Å². The van der Waals surface area contributed by atoms with Gasteiger partial charge in [-0.15, -0.1) is 10.2 Å². The SMILES string of the molecule is CNc1nnc(NC2CCC(c3cccnn3)CC2)s1. The maximum atomic E-state index is 4.23. The summed E-state index contributed by atoms with van der Waals surface area (Å²) in [4.78, 5) is 0. The third kappa shape index (κ3) is 3.04. The Bertz CT molecular complexity index is 535. The van der Waals surface area contributed by atoms with Crippen LogP contribution in [0.5, 0.6) is 0 Å². The standard InChI is InChI=1S/C13H18N6S/c1-14-12-18-19-13(20-12)16-10-6-4-9(5-7-10)11-3-2-8-15-17-11/h2-3,8-10H,4-7H2,1H3,(H,14,18)(H,16,19). The molecule has 2 heterocycles. The molecule has 0 bridgehead atoms. The highest BCUT2D eigenvalue weighted by Gasteiger charge is 2.23. The first-order valence-corrected chi connectivity index (χ1v) is 7.72. The molecule has 0 aromatic carbocycles. The lowest BCUT2D eigenvalue weighted by Crippen LogP contribution is -2.25. The normalized spacial score (nSPS) is 22.4. The second-order valence-electron chi connectivity index (χ2n) is 5.00. The van der Waals surface area contributed by atoms with E-state index in [0.717, 1.165) is 41.6 Å². The maximum Gasteiger partial charge on any atom is 0.207 e. The van der Waals surface area contributed by atoms with E-state index in [1.165, 1.54) is 0 Å². The molecule has 0 atom stereocenters. The summed E-state index contributed by atoms with van der Waals surface area (Å²) in [6, 6.07) is 4.53. The number of anilines is 2. The fraction of sp³-hybridized carbons (Fsp3) is 0.538. The highest BCUT2D eigenvalue weighted by Crippen LogP contribution is 2.33. The number of hydrogen-bond acceptors (Lipinski definition) is 7. The minimum absolute atomic E-state index is 0.487. The number of rotatable bonds is 4. The van der Waals surface area contributed by atoms with Crippen molar-refractivity contribution < 1.29 is 0 Å². The molecule has 2 N–H and O–H groups in total. The summed E-state index contributed by atoms with van der Waals surface area (Å²) in [7, 11) is 1.86. The van der Waals surface area contributed by atoms with Crippen LogP contribution in [0.2, 0.25) is 0 Å². The molecule has 0 amide bonds. The summed E-state index contributed by atoms with van der Waals surface area (Å²) in [5, 5.41) is 24.6. The monoisotopic (exact) mass is 290 g/mol. The molecule has 1 aliphatic carbocycles. The lowest BCUT2D eigenvalue weighted by molar-refractivity contribution is 0.404. The molecule has 1 fully saturated rings. The predicted molar refractivity (Wildman–Crippen MR) is 80.1 cm³/mol. The van der Waals surface area contributed by atoms with Gasteiger partial charge in [0.15, 0.2) is 0 Å². The van der Waals surface area contributed by atoms with E-state index in [-0.39, 0.29) is 0 Å². The minimum atomic E-state index is 0.487. The molecule has 0 spiro atoms. The van der Waals surface area contributed by atoms with Crippen molar-refractivity contribution in [1.82, 2.24) is 20.4 Å². The smallest absolute Gasteiger partial charge is 0.207 e. The van der Waals surface area contributed by atoms with E-state index in [0.29, 0.717) is 12.0 Å². The molecular formula is C13H18N6S. The van der Waals surface area contributed by atoms with Crippen LogP contribution in [-0.4, -0.2) is 33.5 Å². The van der Waals surface area contributed by atoms with Gasteiger partial charge in [-0.25, -0.2) is 0 Å². The van der Waals surface area contributed by atoms with Crippen molar-refractivity contribution in [2.45, 2.75) is 37.6 Å². The van der Waals surface area contributed by atoms with E-state index in [1.54, 1.807) is 17.5 Å². The fourth-order valence-electron chi connectivity index (χ4n) is 2.62. The Hall–Kier alpha value is -1.76. The van der Waals surface area contributed by atoms with Gasteiger partial charge in [-0.2, -0.15) is 10.2 Å². The molecule has 1 aliphatic rings. The zero-order chi connectivity index (χ0) is 13.8. The van der Waals surface area contributed by atoms with Gasteiger partial charge < -0.3 is 10.6 Å². The fourth-order valence-corrected chi connectivity index (χ4v) is 3.30. The molecule has 0 radical (unpaired) electrons. The lowest BCUT2D eigenvalue weighted by atomic mass is 9.84. The van der Waals surface area contributed by atoms with Gasteiger partial charge in [0.05, 0.1) is 5.69 Å². The molecule has 0 saturated heterocycles. The average molecular weight is 290 g/mol. The van der Waals surface area contributed by atoms with E-state index in [9.17, 15) is 0 Å². The Morgan fingerprint density at radius 2 is 1.90 bits per heavy atom. The van der Waals surface area contributed by atoms with Gasteiger partial charge in [-0.1, -0.05) is 11.3 Å². The number of nitrogens with one attached hydrogen (secondary N) is 2. The maximum absolute atomic E-state index is 4.23. The third-order valence-corrected chi connectivity index (χ3v) is 4.58. The van der Waals surface area contributed by atoms with Crippen molar-refractivity contribution in [2.24, 2.45) is 0 Å². The summed E-state index contributed by atoms with van der Waals surface area (Å²) in [6.07, 6.45) is 6.29. The first-order chi connectivity index (χ1) is 9.85. The number of aromatic nitrogens is 4. The molecule has 2 aromatic heterocycles. The van der Waals surface area contributed by atoms with Crippen LogP contribution < -0.4 is 10.6 Å². The van der Waals surface area contributed by atoms with Crippen molar-refractivity contribution in [2.75, 3.05) is 17.7 Å². The van der Waals surface area contributed by atoms with Crippen LogP contribution in [0, 0.1) is 0 Å². The minimum Gasteiger partial charge on any atom is -0.363 e. The van der Waals surface area contributed by atoms with Crippen molar-refractivity contribution in [3.05, 3.63) is 24.0 Å². The van der Waals surface area contributed by atoms with Crippen LogP contribution >= 0.6 is 11.3 Å². The zero-order valence-electron chi connectivity index (χ0n) is 11.4. The molecule has 2 aromatic rings. The van der Waals surface area contributed by atoms with Crippen molar-refractivity contribution in [1.29, 1.82) is 0 Å². The molecule has 6 nitrogen and oxygen atoms in total. The molecule has 0 unspecified atom stereocenters. The second kappa shape index (κ2) is 6.13. The van der Waals surface area contributed by atoms with E-state index < -0.39 is 0 Å². The summed E-state index contributed by atoms with van der Waals surface area (Å²) >= 11 is 1.56. The van der Waals surface area contributed by atoms with Gasteiger partial charge in [0, 0.05) is 25.2 Å². The highest BCUT2D eigenvalue weighted by atomic mass is 32.1. The second-order valence-corrected chi connectivity index (χ2v) is 5.98. The predicted octanol–water partition coefficient (Wildman–Crippen LogP) is 2.51. The topological polar surface area (TPSA) is 75.6 Å². The third-order valence-electron chi connectivity index (χ3n) is 3.70. The van der Waals surface area contributed by atoms with Crippen molar-refractivity contribution in [3.63, 3.8) is 0 Å². The van der Waals surface area contributed by atoms with Crippen LogP contribution in [-0.2, 0) is 0 Å². The first-order valence-electron chi connectivity index (χ1n) is 6.90. The lowest BCUT2D eigenvalue weighted by Gasteiger charge is -2.28. The van der Waals surface area contributed by atoms with E-state index >= 15 is 0 Å². The van der Waals surface area contributed by atoms with Crippen LogP contribution in [0.3, 0.4) is 0 Å². The Balaban J connectivity index is 1.53. The van der Waals surface area contributed by atoms with Crippen molar-refractivity contribution in [3.8, 4) is 0 Å². The van der Waals surface area contributed by atoms with Gasteiger partial charge in [-0.3, -0.25) is 0 Å². The molecule has 0 aliphatic heterocycles. The van der Waals surface area contributed by atoms with Crippen LogP contribution in [0.15, 0.2) is 18.3 Å². The van der Waals surface area contributed by atoms with E-state index in [4.69, 9.17) is 0 Å². The summed E-state index contributed by atoms with van der Waals surface area (Å²) in [6.45, 7) is 0. The molecule has 3 rings (SSSR count). The van der Waals surface area contributed by atoms with Gasteiger partial charge in [0.25, 0.3) is 0 Å². The summed E-state index contributed by atoms with van der Waals surface area (Å²) < 4.78 is 0. The quantitative estimate of drug-likeness (QED) is 0.901. The summed E-state index contributed by atoms with van der Waals surface area (Å²) in [5.41, 5.74) is 1.12. The molecule has 7 heteroatoms. The van der Waals surface area contributed by atoms with E-state index in [1.807, 2.05) is 13.1 Å². The van der Waals surface area contributed by atoms with E-state index in [2.05, 4.69) is 37.1 Å². The number of nitrogens with zero attached hydrogens (tertiary/aromatic N) is 4. The largest absolute Gasteiger partial charge is 0.363 e. The van der Waals surface area contributed by atoms with Gasteiger partial charge >= 0.3 is 0 Å². The molecule has 20 heavy (non-hydrogen) atoms.